The summed E-state index contributed by atoms with van der Waals surface area (Å²) in [6.07, 6.45) is 6.14. The van der Waals surface area contributed by atoms with Crippen molar-refractivity contribution in [3.05, 3.63) is 83.4 Å². The number of ether oxygens (including phenoxy) is 1. The summed E-state index contributed by atoms with van der Waals surface area (Å²) < 4.78 is 8.03. The van der Waals surface area contributed by atoms with Crippen LogP contribution in [0.3, 0.4) is 0 Å². The number of carbonyl (C=O) groups excluding carboxylic acids is 2. The van der Waals surface area contributed by atoms with E-state index in [4.69, 9.17) is 11.2 Å². The van der Waals surface area contributed by atoms with Gasteiger partial charge < -0.3 is 9.30 Å². The molecule has 2 aliphatic rings. The lowest BCUT2D eigenvalue weighted by atomic mass is 9.77. The fraction of sp³-hybridized carbons (Fsp3) is 0.185. The first kappa shape index (κ1) is 18.1. The fourth-order valence-corrected chi connectivity index (χ4v) is 5.09. The van der Waals surface area contributed by atoms with Crippen molar-refractivity contribution in [2.45, 2.75) is 31.1 Å². The number of unbranched alkanes of at least 4 members (excludes halogenated alkanes) is 1. The summed E-state index contributed by atoms with van der Waals surface area (Å²) in [4.78, 5) is 27.3. The van der Waals surface area contributed by atoms with Crippen molar-refractivity contribution >= 4 is 33.4 Å². The highest BCUT2D eigenvalue weighted by molar-refractivity contribution is 6.29. The maximum atomic E-state index is 13.6. The van der Waals surface area contributed by atoms with Crippen molar-refractivity contribution in [3.63, 3.8) is 0 Å². The molecule has 1 saturated heterocycles. The average molecular weight is 405 g/mol. The minimum absolute atomic E-state index is 0.120. The molecule has 0 radical (unpaired) electrons. The van der Waals surface area contributed by atoms with Crippen LogP contribution in [-0.4, -0.2) is 22.2 Å². The highest BCUT2D eigenvalue weighted by Crippen LogP contribution is 2.54. The molecule has 6 rings (SSSR count). The third-order valence-corrected chi connectivity index (χ3v) is 6.52. The van der Waals surface area contributed by atoms with E-state index < -0.39 is 11.7 Å². The van der Waals surface area contributed by atoms with Crippen LogP contribution in [0.25, 0.3) is 21.8 Å². The van der Waals surface area contributed by atoms with Gasteiger partial charge in [0, 0.05) is 34.8 Å². The summed E-state index contributed by atoms with van der Waals surface area (Å²) in [5.41, 5.74) is 2.33. The molecule has 31 heavy (non-hydrogen) atoms. The van der Waals surface area contributed by atoms with Gasteiger partial charge in [0.05, 0.1) is 11.1 Å². The lowest BCUT2D eigenvalue weighted by Gasteiger charge is -2.20. The van der Waals surface area contributed by atoms with Crippen molar-refractivity contribution in [1.29, 1.82) is 0 Å². The van der Waals surface area contributed by atoms with E-state index in [2.05, 4.69) is 22.6 Å². The van der Waals surface area contributed by atoms with Gasteiger partial charge >= 0.3 is 0 Å². The molecule has 2 atom stereocenters. The molecule has 150 valence electrons. The number of hydrogen-bond donors (Lipinski definition) is 0. The number of benzene rings is 3. The minimum atomic E-state index is -1.18. The molecule has 0 N–H and O–H groups in total. The molecule has 4 nitrogen and oxygen atoms in total. The Bertz CT molecular complexity index is 1440. The van der Waals surface area contributed by atoms with E-state index in [0.717, 1.165) is 33.8 Å². The molecule has 1 aliphatic carbocycles. The van der Waals surface area contributed by atoms with Crippen LogP contribution >= 0.6 is 0 Å². The first-order chi connectivity index (χ1) is 15.2. The van der Waals surface area contributed by atoms with Crippen molar-refractivity contribution in [2.24, 2.45) is 0 Å². The van der Waals surface area contributed by atoms with E-state index in [1.807, 2.05) is 48.5 Å². The van der Waals surface area contributed by atoms with Gasteiger partial charge in [-0.3, -0.25) is 9.59 Å². The lowest BCUT2D eigenvalue weighted by molar-refractivity contribution is 0.0859. The molecule has 0 amide bonds. The molecule has 0 spiro atoms. The Balaban J connectivity index is 1.61. The minimum Gasteiger partial charge on any atom is -0.343 e. The number of hydrogen-bond acceptors (Lipinski definition) is 3. The summed E-state index contributed by atoms with van der Waals surface area (Å²) in [7, 11) is 0. The number of epoxide rings is 1. The number of aryl methyl sites for hydroxylation is 1. The quantitative estimate of drug-likeness (QED) is 0.276. The van der Waals surface area contributed by atoms with Gasteiger partial charge in [-0.05, 0) is 24.1 Å². The first-order valence-corrected chi connectivity index (χ1v) is 10.5. The highest BCUT2D eigenvalue weighted by Gasteiger charge is 2.70. The predicted molar refractivity (Wildman–Crippen MR) is 119 cm³/mol. The Hall–Kier alpha value is -3.68. The molecule has 3 aromatic carbocycles. The number of aromatic nitrogens is 1. The summed E-state index contributed by atoms with van der Waals surface area (Å²) in [6, 6.07) is 21.2. The van der Waals surface area contributed by atoms with Gasteiger partial charge in [0.1, 0.15) is 0 Å². The molecule has 2 unspecified atom stereocenters. The normalized spacial score (nSPS) is 21.7. The third kappa shape index (κ3) is 2.30. The van der Waals surface area contributed by atoms with Crippen LogP contribution in [0.5, 0.6) is 0 Å². The summed E-state index contributed by atoms with van der Waals surface area (Å²) in [6.45, 7) is 0.682. The number of carbonyl (C=O) groups is 2. The zero-order valence-corrected chi connectivity index (χ0v) is 16.8. The van der Waals surface area contributed by atoms with Gasteiger partial charge in [-0.25, -0.2) is 0 Å². The molecule has 1 aliphatic heterocycles. The number of para-hydroxylation sites is 1. The van der Waals surface area contributed by atoms with Crippen LogP contribution in [0.4, 0.5) is 0 Å². The predicted octanol–water partition coefficient (Wildman–Crippen LogP) is 4.88. The van der Waals surface area contributed by atoms with Crippen LogP contribution in [0.2, 0.25) is 0 Å². The summed E-state index contributed by atoms with van der Waals surface area (Å²) >= 11 is 0. The molecule has 1 fully saturated rings. The second kappa shape index (κ2) is 6.41. The molecule has 2 heterocycles. The second-order valence-electron chi connectivity index (χ2n) is 8.15. The average Bonchev–Trinajstić information content (AvgIpc) is 3.51. The first-order valence-electron chi connectivity index (χ1n) is 10.5. The van der Waals surface area contributed by atoms with Gasteiger partial charge in [-0.15, -0.1) is 12.3 Å². The van der Waals surface area contributed by atoms with E-state index in [0.29, 0.717) is 24.1 Å². The SMILES string of the molecule is C#CCCCn1c2ccccc2c2ccc3c(c21)C(=O)C1OC1(c1ccccc1)C3=O. The van der Waals surface area contributed by atoms with Crippen molar-refractivity contribution in [3.8, 4) is 12.3 Å². The Morgan fingerprint density at radius 2 is 1.74 bits per heavy atom. The number of nitrogens with zero attached hydrogens (tertiary/aromatic N) is 1. The Kier molecular flexibility index (Phi) is 3.74. The van der Waals surface area contributed by atoms with Crippen LogP contribution in [0.15, 0.2) is 66.7 Å². The maximum absolute atomic E-state index is 13.6. The summed E-state index contributed by atoms with van der Waals surface area (Å²) in [5, 5.41) is 2.04. The van der Waals surface area contributed by atoms with Gasteiger partial charge in [-0.1, -0.05) is 54.6 Å². The standard InChI is InChI=1S/C27H19NO3/c1-2-3-9-16-28-21-13-8-7-12-18(21)19-14-15-20-22(23(19)28)24(29)26-27(31-26,25(20)30)17-10-5-4-6-11-17/h1,4-8,10-15,26H,3,9,16H2. The van der Waals surface area contributed by atoms with E-state index >= 15 is 0 Å². The van der Waals surface area contributed by atoms with E-state index in [-0.39, 0.29) is 11.6 Å². The van der Waals surface area contributed by atoms with Crippen LogP contribution < -0.4 is 0 Å². The molecule has 1 aromatic heterocycles. The number of rotatable bonds is 4. The number of ketones is 2. The topological polar surface area (TPSA) is 51.6 Å². The third-order valence-electron chi connectivity index (χ3n) is 6.52. The van der Waals surface area contributed by atoms with Crippen molar-refractivity contribution in [2.75, 3.05) is 0 Å². The van der Waals surface area contributed by atoms with Crippen molar-refractivity contribution in [1.82, 2.24) is 4.57 Å². The summed E-state index contributed by atoms with van der Waals surface area (Å²) in [5.74, 6) is 2.43. The maximum Gasteiger partial charge on any atom is 0.203 e. The lowest BCUT2D eigenvalue weighted by Crippen LogP contribution is -2.35. The Morgan fingerprint density at radius 3 is 2.55 bits per heavy atom. The zero-order valence-electron chi connectivity index (χ0n) is 16.8. The largest absolute Gasteiger partial charge is 0.343 e. The molecule has 0 saturated carbocycles. The smallest absolute Gasteiger partial charge is 0.203 e. The van der Waals surface area contributed by atoms with Gasteiger partial charge in [0.2, 0.25) is 5.78 Å². The van der Waals surface area contributed by atoms with Crippen LogP contribution in [-0.2, 0) is 16.9 Å². The number of fused-ring (bicyclic) bond motifs is 6. The zero-order chi connectivity index (χ0) is 21.2. The number of Topliss-reactive ketones (excluding diaryl/α,β-unsaturated/α-hetero) is 2. The Labute approximate surface area is 179 Å². The monoisotopic (exact) mass is 405 g/mol. The molecular weight excluding hydrogens is 386 g/mol. The van der Waals surface area contributed by atoms with Gasteiger partial charge in [0.15, 0.2) is 17.5 Å². The van der Waals surface area contributed by atoms with Crippen molar-refractivity contribution < 1.29 is 14.3 Å². The van der Waals surface area contributed by atoms with Gasteiger partial charge in [0.25, 0.3) is 0 Å². The van der Waals surface area contributed by atoms with Gasteiger partial charge in [-0.2, -0.15) is 0 Å². The molecule has 0 bridgehead atoms. The van der Waals surface area contributed by atoms with Crippen LogP contribution in [0, 0.1) is 12.3 Å². The second-order valence-corrected chi connectivity index (χ2v) is 8.15. The van der Waals surface area contributed by atoms with Crippen LogP contribution in [0.1, 0.15) is 39.1 Å². The number of terminal acetylenes is 1. The molecule has 4 heteroatoms. The van der Waals surface area contributed by atoms with E-state index in [9.17, 15) is 9.59 Å². The molecule has 4 aromatic rings. The molecular formula is C27H19NO3. The highest BCUT2D eigenvalue weighted by atomic mass is 16.6. The van der Waals surface area contributed by atoms with E-state index in [1.165, 1.54) is 0 Å². The Morgan fingerprint density at radius 1 is 0.968 bits per heavy atom. The fourth-order valence-electron chi connectivity index (χ4n) is 5.09. The van der Waals surface area contributed by atoms with E-state index in [1.54, 1.807) is 6.07 Å².